The first kappa shape index (κ1) is 15.4. The third kappa shape index (κ3) is 3.44. The second-order valence-corrected chi connectivity index (χ2v) is 6.18. The zero-order valence-electron chi connectivity index (χ0n) is 11.8. The summed E-state index contributed by atoms with van der Waals surface area (Å²) in [6.45, 7) is 6.02. The highest BCUT2D eigenvalue weighted by Crippen LogP contribution is 2.26. The zero-order chi connectivity index (χ0) is 13.8. The molecule has 0 saturated heterocycles. The van der Waals surface area contributed by atoms with Gasteiger partial charge in [-0.05, 0) is 32.1 Å². The molecule has 1 amide bonds. The lowest BCUT2D eigenvalue weighted by Crippen LogP contribution is -2.51. The van der Waals surface area contributed by atoms with Crippen LogP contribution in [0, 0.1) is 11.3 Å². The molecule has 104 valence electrons. The summed E-state index contributed by atoms with van der Waals surface area (Å²) in [5.41, 5.74) is 5.02. The van der Waals surface area contributed by atoms with Crippen LogP contribution in [0.25, 0.3) is 0 Å². The predicted octanol–water partition coefficient (Wildman–Crippen LogP) is 2.77. The maximum absolute atomic E-state index is 12.4. The normalized spacial score (nSPS) is 27.9. The number of carbonyl (C=O) groups excluding carboxylic acids is 1. The van der Waals surface area contributed by atoms with E-state index in [2.05, 4.69) is 12.2 Å². The van der Waals surface area contributed by atoms with Gasteiger partial charge in [0.15, 0.2) is 0 Å². The van der Waals surface area contributed by atoms with Crippen LogP contribution in [-0.4, -0.2) is 16.9 Å². The first-order chi connectivity index (χ1) is 8.41. The Balaban J connectivity index is 2.70. The van der Waals surface area contributed by atoms with Gasteiger partial charge in [0, 0.05) is 6.04 Å². The topological polar surface area (TPSA) is 55.1 Å². The molecule has 1 aliphatic carbocycles. The molecule has 1 rings (SSSR count). The molecule has 1 saturated carbocycles. The minimum atomic E-state index is -0.707. The summed E-state index contributed by atoms with van der Waals surface area (Å²) >= 11 is 5.05. The molecular formula is C14H26N2OS. The van der Waals surface area contributed by atoms with Crippen molar-refractivity contribution >= 4 is 23.1 Å². The van der Waals surface area contributed by atoms with Crippen LogP contribution in [-0.2, 0) is 4.79 Å². The average Bonchev–Trinajstić information content (AvgIpc) is 2.53. The third-order valence-electron chi connectivity index (χ3n) is 4.43. The molecular weight excluding hydrogens is 244 g/mol. The fraction of sp³-hybridized carbons (Fsp3) is 0.857. The molecule has 3 N–H and O–H groups in total. The lowest BCUT2D eigenvalue weighted by atomic mass is 9.85. The van der Waals surface area contributed by atoms with Crippen LogP contribution in [0.3, 0.4) is 0 Å². The molecule has 1 aliphatic rings. The predicted molar refractivity (Wildman–Crippen MR) is 79.4 cm³/mol. The number of nitrogens with two attached hydrogens (primary N) is 1. The summed E-state index contributed by atoms with van der Waals surface area (Å²) < 4.78 is 0. The third-order valence-corrected chi connectivity index (χ3v) is 4.88. The number of thiocarbonyl (C=S) groups is 1. The van der Waals surface area contributed by atoms with Crippen molar-refractivity contribution in [2.75, 3.05) is 0 Å². The molecule has 1 fully saturated rings. The van der Waals surface area contributed by atoms with Gasteiger partial charge in [-0.25, -0.2) is 0 Å². The molecule has 0 radical (unpaired) electrons. The fourth-order valence-electron chi connectivity index (χ4n) is 2.48. The molecule has 0 aliphatic heterocycles. The summed E-state index contributed by atoms with van der Waals surface area (Å²) in [6.07, 6.45) is 6.66. The van der Waals surface area contributed by atoms with Gasteiger partial charge in [-0.1, -0.05) is 45.3 Å². The minimum Gasteiger partial charge on any atom is -0.392 e. The summed E-state index contributed by atoms with van der Waals surface area (Å²) in [5, 5.41) is 3.18. The van der Waals surface area contributed by atoms with E-state index in [1.807, 2.05) is 13.8 Å². The first-order valence-corrected chi connectivity index (χ1v) is 7.43. The summed E-state index contributed by atoms with van der Waals surface area (Å²) in [4.78, 5) is 12.7. The van der Waals surface area contributed by atoms with Crippen molar-refractivity contribution in [2.24, 2.45) is 17.1 Å². The van der Waals surface area contributed by atoms with E-state index in [0.717, 1.165) is 6.42 Å². The van der Waals surface area contributed by atoms with E-state index in [0.29, 0.717) is 17.3 Å². The van der Waals surface area contributed by atoms with Crippen LogP contribution in [0.2, 0.25) is 0 Å². The van der Waals surface area contributed by atoms with Crippen molar-refractivity contribution in [3.05, 3.63) is 0 Å². The second kappa shape index (κ2) is 6.50. The van der Waals surface area contributed by atoms with Gasteiger partial charge in [-0.15, -0.1) is 0 Å². The van der Waals surface area contributed by atoms with Crippen molar-refractivity contribution in [3.8, 4) is 0 Å². The highest BCUT2D eigenvalue weighted by Gasteiger charge is 2.36. The molecule has 0 heterocycles. The smallest absolute Gasteiger partial charge is 0.232 e. The van der Waals surface area contributed by atoms with Gasteiger partial charge < -0.3 is 11.1 Å². The van der Waals surface area contributed by atoms with E-state index in [1.54, 1.807) is 0 Å². The van der Waals surface area contributed by atoms with Gasteiger partial charge in [0.05, 0.1) is 10.4 Å². The van der Waals surface area contributed by atoms with Gasteiger partial charge in [0.2, 0.25) is 5.91 Å². The van der Waals surface area contributed by atoms with Gasteiger partial charge in [0.25, 0.3) is 0 Å². The van der Waals surface area contributed by atoms with Crippen LogP contribution in [0.4, 0.5) is 0 Å². The van der Waals surface area contributed by atoms with Crippen LogP contribution in [0.1, 0.15) is 59.3 Å². The number of nitrogens with one attached hydrogen (secondary N) is 1. The Morgan fingerprint density at radius 1 is 1.39 bits per heavy atom. The maximum Gasteiger partial charge on any atom is 0.232 e. The number of rotatable bonds is 4. The van der Waals surface area contributed by atoms with E-state index >= 15 is 0 Å². The lowest BCUT2D eigenvalue weighted by molar-refractivity contribution is -0.128. The monoisotopic (exact) mass is 270 g/mol. The molecule has 0 aromatic heterocycles. The van der Waals surface area contributed by atoms with Gasteiger partial charge >= 0.3 is 0 Å². The minimum absolute atomic E-state index is 0.00347. The molecule has 0 aromatic carbocycles. The Labute approximate surface area is 116 Å². The lowest BCUT2D eigenvalue weighted by Gasteiger charge is -2.30. The SMILES string of the molecule is CCC(C)(C(=O)NC1CCCCCC1C)C(N)=S. The van der Waals surface area contributed by atoms with Crippen molar-refractivity contribution in [1.82, 2.24) is 5.32 Å². The van der Waals surface area contributed by atoms with E-state index in [4.69, 9.17) is 18.0 Å². The van der Waals surface area contributed by atoms with Crippen molar-refractivity contribution in [2.45, 2.75) is 65.3 Å². The summed E-state index contributed by atoms with van der Waals surface area (Å²) in [6, 6.07) is 0.278. The molecule has 0 bridgehead atoms. The van der Waals surface area contributed by atoms with E-state index in [1.165, 1.54) is 25.7 Å². The van der Waals surface area contributed by atoms with Crippen LogP contribution >= 0.6 is 12.2 Å². The summed E-state index contributed by atoms with van der Waals surface area (Å²) in [5.74, 6) is 0.542. The quantitative estimate of drug-likeness (QED) is 0.610. The summed E-state index contributed by atoms with van der Waals surface area (Å²) in [7, 11) is 0. The largest absolute Gasteiger partial charge is 0.392 e. The molecule has 0 aromatic rings. The highest BCUT2D eigenvalue weighted by molar-refractivity contribution is 7.80. The Bertz CT molecular complexity index is 319. The number of carbonyl (C=O) groups is 1. The Morgan fingerprint density at radius 3 is 2.56 bits per heavy atom. The molecule has 0 spiro atoms. The van der Waals surface area contributed by atoms with E-state index < -0.39 is 5.41 Å². The number of hydrogen-bond acceptors (Lipinski definition) is 2. The molecule has 3 atom stereocenters. The van der Waals surface area contributed by atoms with E-state index in [-0.39, 0.29) is 11.9 Å². The zero-order valence-corrected chi connectivity index (χ0v) is 12.6. The van der Waals surface area contributed by atoms with Crippen molar-refractivity contribution in [3.63, 3.8) is 0 Å². The fourth-order valence-corrected chi connectivity index (χ4v) is 2.72. The van der Waals surface area contributed by atoms with E-state index in [9.17, 15) is 4.79 Å². The second-order valence-electron chi connectivity index (χ2n) is 5.75. The van der Waals surface area contributed by atoms with Crippen LogP contribution in [0.5, 0.6) is 0 Å². The first-order valence-electron chi connectivity index (χ1n) is 7.02. The van der Waals surface area contributed by atoms with Crippen LogP contribution < -0.4 is 11.1 Å². The van der Waals surface area contributed by atoms with Gasteiger partial charge in [-0.3, -0.25) is 4.79 Å². The standard InChI is InChI=1S/C14H26N2OS/c1-4-14(3,12(15)18)13(17)16-11-9-7-5-6-8-10(11)2/h10-11H,4-9H2,1-3H3,(H2,15,18)(H,16,17). The molecule has 4 heteroatoms. The van der Waals surface area contributed by atoms with Crippen molar-refractivity contribution in [1.29, 1.82) is 0 Å². The van der Waals surface area contributed by atoms with Gasteiger partial charge in [0.1, 0.15) is 0 Å². The Hall–Kier alpha value is -0.640. The highest BCUT2D eigenvalue weighted by atomic mass is 32.1. The number of hydrogen-bond donors (Lipinski definition) is 2. The molecule has 3 unspecified atom stereocenters. The average molecular weight is 270 g/mol. The van der Waals surface area contributed by atoms with Crippen LogP contribution in [0.15, 0.2) is 0 Å². The number of amides is 1. The Morgan fingerprint density at radius 2 is 2.00 bits per heavy atom. The van der Waals surface area contributed by atoms with Crippen molar-refractivity contribution < 1.29 is 4.79 Å². The molecule has 3 nitrogen and oxygen atoms in total. The molecule has 18 heavy (non-hydrogen) atoms. The van der Waals surface area contributed by atoms with Gasteiger partial charge in [-0.2, -0.15) is 0 Å². The maximum atomic E-state index is 12.4. The Kier molecular flexibility index (Phi) is 5.57.